The summed E-state index contributed by atoms with van der Waals surface area (Å²) < 4.78 is 17.3. The van der Waals surface area contributed by atoms with Crippen LogP contribution in [0.1, 0.15) is 39.5 Å². The summed E-state index contributed by atoms with van der Waals surface area (Å²) in [6, 6.07) is 5.46. The van der Waals surface area contributed by atoms with Crippen LogP contribution in [0.25, 0.3) is 0 Å². The number of aliphatic hydroxyl groups is 1. The van der Waals surface area contributed by atoms with E-state index in [0.717, 1.165) is 0 Å². The number of hydrogen-bond acceptors (Lipinski definition) is 7. The van der Waals surface area contributed by atoms with Crippen molar-refractivity contribution in [2.24, 2.45) is 17.8 Å². The smallest absolute Gasteiger partial charge is 0.312 e. The highest BCUT2D eigenvalue weighted by molar-refractivity contribution is 6.04. The molecular formula is C30H40N2O7. The van der Waals surface area contributed by atoms with Crippen molar-refractivity contribution in [1.29, 1.82) is 0 Å². The number of rotatable bonds is 13. The second kappa shape index (κ2) is 11.9. The average Bonchev–Trinajstić information content (AvgIpc) is 3.59. The minimum absolute atomic E-state index is 0.0893. The van der Waals surface area contributed by atoms with Crippen LogP contribution in [0.2, 0.25) is 0 Å². The van der Waals surface area contributed by atoms with E-state index in [-0.39, 0.29) is 37.5 Å². The summed E-state index contributed by atoms with van der Waals surface area (Å²) in [5, 5.41) is 10.5. The molecule has 9 heteroatoms. The van der Waals surface area contributed by atoms with Crippen molar-refractivity contribution in [3.8, 4) is 5.75 Å². The van der Waals surface area contributed by atoms with E-state index >= 15 is 0 Å². The van der Waals surface area contributed by atoms with E-state index in [1.165, 1.54) is 4.90 Å². The molecule has 0 aliphatic carbocycles. The molecule has 212 valence electrons. The summed E-state index contributed by atoms with van der Waals surface area (Å²) in [5.74, 6) is -2.27. The molecule has 1 aromatic rings. The van der Waals surface area contributed by atoms with Gasteiger partial charge in [0.25, 0.3) is 5.91 Å². The summed E-state index contributed by atoms with van der Waals surface area (Å²) in [6.45, 7) is 11.5. The number of esters is 1. The van der Waals surface area contributed by atoms with E-state index in [1.807, 2.05) is 13.8 Å². The van der Waals surface area contributed by atoms with Crippen LogP contribution in [0.15, 0.2) is 49.6 Å². The molecule has 3 fully saturated rings. The van der Waals surface area contributed by atoms with Gasteiger partial charge in [-0.05, 0) is 49.4 Å². The van der Waals surface area contributed by atoms with Gasteiger partial charge in [0.1, 0.15) is 17.4 Å². The Kier molecular flexibility index (Phi) is 8.81. The molecule has 0 saturated carbocycles. The van der Waals surface area contributed by atoms with Crippen LogP contribution in [0.4, 0.5) is 5.69 Å². The molecule has 2 bridgehead atoms. The monoisotopic (exact) mass is 540 g/mol. The summed E-state index contributed by atoms with van der Waals surface area (Å²) in [4.78, 5) is 45.2. The van der Waals surface area contributed by atoms with Gasteiger partial charge in [-0.1, -0.05) is 32.4 Å². The molecular weight excluding hydrogens is 500 g/mol. The van der Waals surface area contributed by atoms with Crippen LogP contribution in [-0.4, -0.2) is 78.4 Å². The van der Waals surface area contributed by atoms with Crippen LogP contribution in [0, 0.1) is 17.8 Å². The third-order valence-corrected chi connectivity index (χ3v) is 8.62. The highest BCUT2D eigenvalue weighted by atomic mass is 16.6. The number of ether oxygens (including phenoxy) is 3. The van der Waals surface area contributed by atoms with Gasteiger partial charge in [0.2, 0.25) is 5.91 Å². The number of hydrogen-bond donors (Lipinski definition) is 1. The van der Waals surface area contributed by atoms with Crippen molar-refractivity contribution in [2.75, 3.05) is 31.8 Å². The molecule has 2 unspecified atom stereocenters. The third-order valence-electron chi connectivity index (χ3n) is 8.62. The first-order valence-corrected chi connectivity index (χ1v) is 13.7. The van der Waals surface area contributed by atoms with Crippen LogP contribution in [0.5, 0.6) is 5.75 Å². The van der Waals surface area contributed by atoms with Crippen molar-refractivity contribution in [1.82, 2.24) is 4.90 Å². The molecule has 0 radical (unpaired) electrons. The topological polar surface area (TPSA) is 106 Å². The minimum Gasteiger partial charge on any atom is -0.497 e. The predicted molar refractivity (Wildman–Crippen MR) is 146 cm³/mol. The second-order valence-electron chi connectivity index (χ2n) is 10.6. The molecule has 1 aromatic carbocycles. The normalized spacial score (nSPS) is 28.5. The van der Waals surface area contributed by atoms with Gasteiger partial charge in [0.05, 0.1) is 44.3 Å². The fraction of sp³-hybridized carbons (Fsp3) is 0.567. The van der Waals surface area contributed by atoms with E-state index in [9.17, 15) is 19.5 Å². The predicted octanol–water partition coefficient (Wildman–Crippen LogP) is 3.12. The molecule has 3 saturated heterocycles. The number of fused-ring (bicyclic) bond motifs is 1. The maximum atomic E-state index is 14.6. The van der Waals surface area contributed by atoms with Gasteiger partial charge in [-0.3, -0.25) is 14.4 Å². The van der Waals surface area contributed by atoms with Gasteiger partial charge < -0.3 is 29.1 Å². The zero-order valence-electron chi connectivity index (χ0n) is 23.1. The Bertz CT molecular complexity index is 1090. The molecule has 1 spiro atoms. The summed E-state index contributed by atoms with van der Waals surface area (Å²) in [5.41, 5.74) is -0.571. The average molecular weight is 541 g/mol. The minimum atomic E-state index is -1.19. The van der Waals surface area contributed by atoms with Gasteiger partial charge in [-0.15, -0.1) is 13.2 Å². The molecule has 3 heterocycles. The number of carbonyl (C=O) groups excluding carboxylic acids is 3. The number of benzene rings is 1. The SMILES string of the molecule is C=CCCOC(=O)[C@@H]1[C@@H]2CCC3(O2)C(C(=O)N(CC=C)c2ccc(OC)cc2)N([C@@H](CO)[C@@H](C)CC)C(=O)[C@H]13. The highest BCUT2D eigenvalue weighted by Gasteiger charge is 2.75. The molecule has 0 aromatic heterocycles. The Morgan fingerprint density at radius 2 is 2.00 bits per heavy atom. The third kappa shape index (κ3) is 4.87. The van der Waals surface area contributed by atoms with Crippen molar-refractivity contribution in [2.45, 2.75) is 63.3 Å². The Balaban J connectivity index is 1.78. The zero-order valence-corrected chi connectivity index (χ0v) is 23.1. The van der Waals surface area contributed by atoms with Crippen molar-refractivity contribution < 1.29 is 33.7 Å². The van der Waals surface area contributed by atoms with Crippen molar-refractivity contribution in [3.63, 3.8) is 0 Å². The van der Waals surface area contributed by atoms with E-state index in [1.54, 1.807) is 48.4 Å². The molecule has 3 aliphatic rings. The number of nitrogens with zero attached hydrogens (tertiary/aromatic N) is 2. The van der Waals surface area contributed by atoms with Crippen LogP contribution in [-0.2, 0) is 23.9 Å². The Hall–Kier alpha value is -3.17. The van der Waals surface area contributed by atoms with Crippen LogP contribution >= 0.6 is 0 Å². The second-order valence-corrected chi connectivity index (χ2v) is 10.6. The molecule has 9 nitrogen and oxygen atoms in total. The van der Waals surface area contributed by atoms with Crippen molar-refractivity contribution >= 4 is 23.5 Å². The maximum Gasteiger partial charge on any atom is 0.312 e. The van der Waals surface area contributed by atoms with Crippen LogP contribution < -0.4 is 9.64 Å². The lowest BCUT2D eigenvalue weighted by molar-refractivity contribution is -0.156. The van der Waals surface area contributed by atoms with Crippen molar-refractivity contribution in [3.05, 3.63) is 49.6 Å². The summed E-state index contributed by atoms with van der Waals surface area (Å²) >= 11 is 0. The number of anilines is 1. The Morgan fingerprint density at radius 3 is 2.59 bits per heavy atom. The lowest BCUT2D eigenvalue weighted by Crippen LogP contribution is -2.60. The highest BCUT2D eigenvalue weighted by Crippen LogP contribution is 2.59. The number of amides is 2. The summed E-state index contributed by atoms with van der Waals surface area (Å²) in [7, 11) is 1.57. The standard InChI is InChI=1S/C30H40N2O7/c1-6-9-17-38-29(36)24-23-14-15-30(39-23)25(24)27(34)32(22(18-33)19(4)8-3)26(30)28(35)31(16-7-2)20-10-12-21(37-5)13-11-20/h6-7,10-13,19,22-26,33H,1-2,8-9,14-18H2,3-5H3/t19-,22-,23-,24+,25-,26?,30?/m0/s1. The fourth-order valence-electron chi connectivity index (χ4n) is 6.51. The molecule has 39 heavy (non-hydrogen) atoms. The fourth-order valence-corrected chi connectivity index (χ4v) is 6.51. The van der Waals surface area contributed by atoms with Gasteiger partial charge in [-0.2, -0.15) is 0 Å². The number of aliphatic hydroxyl groups excluding tert-OH is 1. The van der Waals surface area contributed by atoms with Gasteiger partial charge in [0.15, 0.2) is 0 Å². The largest absolute Gasteiger partial charge is 0.497 e. The van der Waals surface area contributed by atoms with Gasteiger partial charge in [-0.25, -0.2) is 0 Å². The molecule has 3 aliphatic heterocycles. The van der Waals surface area contributed by atoms with Gasteiger partial charge in [0, 0.05) is 12.2 Å². The molecule has 2 amide bonds. The first-order valence-electron chi connectivity index (χ1n) is 13.7. The lowest BCUT2D eigenvalue weighted by atomic mass is 9.70. The van der Waals surface area contributed by atoms with E-state index in [0.29, 0.717) is 37.1 Å². The van der Waals surface area contributed by atoms with Crippen LogP contribution in [0.3, 0.4) is 0 Å². The number of methoxy groups -OCH3 is 1. The lowest BCUT2D eigenvalue weighted by Gasteiger charge is -2.40. The zero-order chi connectivity index (χ0) is 28.3. The Labute approximate surface area is 230 Å². The Morgan fingerprint density at radius 1 is 1.28 bits per heavy atom. The van der Waals surface area contributed by atoms with E-state index in [2.05, 4.69) is 13.2 Å². The first-order chi connectivity index (χ1) is 18.8. The molecule has 7 atom stereocenters. The molecule has 4 rings (SSSR count). The van der Waals surface area contributed by atoms with E-state index < -0.39 is 41.6 Å². The van der Waals surface area contributed by atoms with Gasteiger partial charge >= 0.3 is 5.97 Å². The quantitative estimate of drug-likeness (QED) is 0.233. The van der Waals surface area contributed by atoms with E-state index in [4.69, 9.17) is 14.2 Å². The summed E-state index contributed by atoms with van der Waals surface area (Å²) in [6.07, 6.45) is 4.98. The number of carbonyl (C=O) groups is 3. The first kappa shape index (κ1) is 28.8. The molecule has 1 N–H and O–H groups in total. The number of likely N-dealkylation sites (tertiary alicyclic amines) is 1. The maximum absolute atomic E-state index is 14.6.